The number of hydrogen-bond acceptors (Lipinski definition) is 5. The zero-order valence-electron chi connectivity index (χ0n) is 16.3. The Balaban J connectivity index is 0.00000280. The lowest BCUT2D eigenvalue weighted by atomic mass is 9.78. The molecule has 0 bridgehead atoms. The van der Waals surface area contributed by atoms with E-state index in [2.05, 4.69) is 16.0 Å². The number of nitrogens with one attached hydrogen (secondary N) is 3. The van der Waals surface area contributed by atoms with Gasteiger partial charge < -0.3 is 25.4 Å². The molecule has 1 unspecified atom stereocenters. The second-order valence-corrected chi connectivity index (χ2v) is 7.34. The van der Waals surface area contributed by atoms with Gasteiger partial charge in [-0.25, -0.2) is 0 Å². The van der Waals surface area contributed by atoms with Crippen LogP contribution in [0.4, 0.5) is 5.69 Å². The normalized spacial score (nSPS) is 20.8. The molecule has 2 heterocycles. The molecule has 2 aliphatic rings. The van der Waals surface area contributed by atoms with E-state index in [4.69, 9.17) is 9.47 Å². The van der Waals surface area contributed by atoms with Crippen molar-refractivity contribution in [1.82, 2.24) is 10.6 Å². The number of hydrogen-bond donors (Lipinski definition) is 3. The molecule has 0 aliphatic carbocycles. The van der Waals surface area contributed by atoms with Crippen LogP contribution in [0.3, 0.4) is 0 Å². The Bertz CT molecular complexity index is 653. The highest BCUT2D eigenvalue weighted by atomic mass is 35.5. The van der Waals surface area contributed by atoms with E-state index in [0.717, 1.165) is 50.0 Å². The molecule has 0 saturated carbocycles. The Morgan fingerprint density at radius 3 is 2.79 bits per heavy atom. The van der Waals surface area contributed by atoms with Gasteiger partial charge in [0.1, 0.15) is 6.10 Å². The number of halogens is 1. The zero-order valence-corrected chi connectivity index (χ0v) is 17.1. The first-order valence-corrected chi connectivity index (χ1v) is 9.62. The summed E-state index contributed by atoms with van der Waals surface area (Å²) in [5.41, 5.74) is 1.19. The third-order valence-electron chi connectivity index (χ3n) is 5.33. The maximum Gasteiger partial charge on any atom is 0.253 e. The van der Waals surface area contributed by atoms with Crippen LogP contribution in [0.2, 0.25) is 0 Å². The van der Waals surface area contributed by atoms with E-state index >= 15 is 0 Å². The highest BCUT2D eigenvalue weighted by molar-refractivity contribution is 5.94. The highest BCUT2D eigenvalue weighted by Crippen LogP contribution is 2.29. The fourth-order valence-corrected chi connectivity index (χ4v) is 3.75. The van der Waals surface area contributed by atoms with Crippen LogP contribution in [0.25, 0.3) is 0 Å². The third-order valence-corrected chi connectivity index (χ3v) is 5.33. The molecule has 1 aromatic rings. The van der Waals surface area contributed by atoms with Crippen LogP contribution in [0.15, 0.2) is 24.3 Å². The largest absolute Gasteiger partial charge is 0.384 e. The molecular formula is C20H30ClN3O4. The zero-order chi connectivity index (χ0) is 19.1. The monoisotopic (exact) mass is 411 g/mol. The molecule has 1 aromatic carbocycles. The molecule has 2 saturated heterocycles. The second kappa shape index (κ2) is 10.8. The SMILES string of the molecule is COCC1(C(=O)NCc2cccc(NC(=O)C3CCCO3)c2)CCNCC1.Cl. The molecular weight excluding hydrogens is 382 g/mol. The van der Waals surface area contributed by atoms with Crippen molar-refractivity contribution in [2.24, 2.45) is 5.41 Å². The van der Waals surface area contributed by atoms with Crippen molar-refractivity contribution >= 4 is 29.9 Å². The third kappa shape index (κ3) is 5.67. The molecule has 156 valence electrons. The van der Waals surface area contributed by atoms with Gasteiger partial charge in [-0.3, -0.25) is 9.59 Å². The van der Waals surface area contributed by atoms with Gasteiger partial charge in [0.25, 0.3) is 5.91 Å². The van der Waals surface area contributed by atoms with Crippen LogP contribution in [0.1, 0.15) is 31.2 Å². The smallest absolute Gasteiger partial charge is 0.253 e. The van der Waals surface area contributed by atoms with Gasteiger partial charge in [0.15, 0.2) is 0 Å². The molecule has 2 fully saturated rings. The Morgan fingerprint density at radius 2 is 2.11 bits per heavy atom. The molecule has 2 amide bonds. The Morgan fingerprint density at radius 1 is 1.32 bits per heavy atom. The summed E-state index contributed by atoms with van der Waals surface area (Å²) in [6.45, 7) is 3.13. The van der Waals surface area contributed by atoms with Crippen molar-refractivity contribution in [2.75, 3.05) is 38.7 Å². The number of rotatable bonds is 7. The summed E-state index contributed by atoms with van der Waals surface area (Å²) in [7, 11) is 1.64. The molecule has 0 radical (unpaired) electrons. The lowest BCUT2D eigenvalue weighted by molar-refractivity contribution is -0.136. The van der Waals surface area contributed by atoms with Gasteiger partial charge in [0.2, 0.25) is 5.91 Å². The van der Waals surface area contributed by atoms with Crippen LogP contribution >= 0.6 is 12.4 Å². The highest BCUT2D eigenvalue weighted by Gasteiger charge is 2.39. The van der Waals surface area contributed by atoms with Gasteiger partial charge in [0.05, 0.1) is 12.0 Å². The predicted molar refractivity (Wildman–Crippen MR) is 110 cm³/mol. The van der Waals surface area contributed by atoms with Crippen LogP contribution < -0.4 is 16.0 Å². The molecule has 3 N–H and O–H groups in total. The molecule has 0 spiro atoms. The van der Waals surface area contributed by atoms with Crippen molar-refractivity contribution in [3.05, 3.63) is 29.8 Å². The lowest BCUT2D eigenvalue weighted by Crippen LogP contribution is -2.49. The number of anilines is 1. The van der Waals surface area contributed by atoms with Gasteiger partial charge >= 0.3 is 0 Å². The quantitative estimate of drug-likeness (QED) is 0.637. The second-order valence-electron chi connectivity index (χ2n) is 7.34. The van der Waals surface area contributed by atoms with Gasteiger partial charge in [-0.1, -0.05) is 12.1 Å². The Hall–Kier alpha value is -1.67. The number of amides is 2. The minimum atomic E-state index is -0.467. The van der Waals surface area contributed by atoms with Crippen LogP contribution in [0.5, 0.6) is 0 Å². The molecule has 1 atom stereocenters. The number of methoxy groups -OCH3 is 1. The fraction of sp³-hybridized carbons (Fsp3) is 0.600. The van der Waals surface area contributed by atoms with E-state index in [0.29, 0.717) is 19.8 Å². The number of benzene rings is 1. The van der Waals surface area contributed by atoms with Gasteiger partial charge in [-0.05, 0) is 56.5 Å². The Kier molecular flexibility index (Phi) is 8.69. The summed E-state index contributed by atoms with van der Waals surface area (Å²) in [4.78, 5) is 25.0. The van der Waals surface area contributed by atoms with E-state index < -0.39 is 5.41 Å². The van der Waals surface area contributed by atoms with E-state index in [1.807, 2.05) is 24.3 Å². The number of carbonyl (C=O) groups is 2. The van der Waals surface area contributed by atoms with Crippen molar-refractivity contribution in [3.8, 4) is 0 Å². The molecule has 28 heavy (non-hydrogen) atoms. The lowest BCUT2D eigenvalue weighted by Gasteiger charge is -2.35. The van der Waals surface area contributed by atoms with Crippen LogP contribution in [-0.4, -0.2) is 51.3 Å². The predicted octanol–water partition coefficient (Wildman–Crippen LogP) is 1.86. The summed E-state index contributed by atoms with van der Waals surface area (Å²) in [5.74, 6) is -0.0814. The van der Waals surface area contributed by atoms with Crippen molar-refractivity contribution in [2.45, 2.75) is 38.3 Å². The van der Waals surface area contributed by atoms with Crippen LogP contribution in [0, 0.1) is 5.41 Å². The average Bonchev–Trinajstić information content (AvgIpc) is 3.22. The minimum Gasteiger partial charge on any atom is -0.384 e. The van der Waals surface area contributed by atoms with Gasteiger partial charge in [0, 0.05) is 25.9 Å². The summed E-state index contributed by atoms with van der Waals surface area (Å²) >= 11 is 0. The summed E-state index contributed by atoms with van der Waals surface area (Å²) in [6, 6.07) is 7.55. The molecule has 0 aromatic heterocycles. The molecule has 7 nitrogen and oxygen atoms in total. The van der Waals surface area contributed by atoms with E-state index in [1.165, 1.54) is 0 Å². The van der Waals surface area contributed by atoms with Crippen molar-refractivity contribution in [1.29, 1.82) is 0 Å². The summed E-state index contributed by atoms with van der Waals surface area (Å²) in [6.07, 6.45) is 2.86. The first kappa shape index (κ1) is 22.6. The number of ether oxygens (including phenoxy) is 2. The fourth-order valence-electron chi connectivity index (χ4n) is 3.75. The summed E-state index contributed by atoms with van der Waals surface area (Å²) in [5, 5.41) is 9.23. The van der Waals surface area contributed by atoms with E-state index in [-0.39, 0.29) is 30.3 Å². The van der Waals surface area contributed by atoms with Gasteiger partial charge in [-0.2, -0.15) is 0 Å². The summed E-state index contributed by atoms with van der Waals surface area (Å²) < 4.78 is 10.7. The first-order valence-electron chi connectivity index (χ1n) is 9.62. The van der Waals surface area contributed by atoms with E-state index in [1.54, 1.807) is 7.11 Å². The maximum absolute atomic E-state index is 12.8. The molecule has 3 rings (SSSR count). The van der Waals surface area contributed by atoms with Crippen LogP contribution in [-0.2, 0) is 25.6 Å². The maximum atomic E-state index is 12.8. The molecule has 2 aliphatic heterocycles. The Labute approximate surface area is 172 Å². The first-order chi connectivity index (χ1) is 13.1. The van der Waals surface area contributed by atoms with E-state index in [9.17, 15) is 9.59 Å². The molecule has 8 heteroatoms. The average molecular weight is 412 g/mol. The van der Waals surface area contributed by atoms with Gasteiger partial charge in [-0.15, -0.1) is 12.4 Å². The minimum absolute atomic E-state index is 0. The van der Waals surface area contributed by atoms with Crippen molar-refractivity contribution in [3.63, 3.8) is 0 Å². The topological polar surface area (TPSA) is 88.7 Å². The number of carbonyl (C=O) groups excluding carboxylic acids is 2. The number of piperidine rings is 1. The van der Waals surface area contributed by atoms with Crippen molar-refractivity contribution < 1.29 is 19.1 Å². The standard InChI is InChI=1S/C20H29N3O4.ClH/c1-26-14-20(7-9-21-10-8-20)19(25)22-13-15-4-2-5-16(12-15)23-18(24)17-6-3-11-27-17;/h2,4-5,12,17,21H,3,6-11,13-14H2,1H3,(H,22,25)(H,23,24);1H.